The van der Waals surface area contributed by atoms with Crippen molar-refractivity contribution < 1.29 is 9.18 Å². The van der Waals surface area contributed by atoms with E-state index in [9.17, 15) is 9.18 Å². The van der Waals surface area contributed by atoms with Gasteiger partial charge < -0.3 is 9.88 Å². The van der Waals surface area contributed by atoms with Crippen LogP contribution in [-0.2, 0) is 18.4 Å². The number of halogens is 1. The zero-order chi connectivity index (χ0) is 22.7. The van der Waals surface area contributed by atoms with Crippen LogP contribution in [0, 0.1) is 12.7 Å². The number of rotatable bonds is 7. The van der Waals surface area contributed by atoms with Gasteiger partial charge in [0.2, 0.25) is 5.91 Å². The summed E-state index contributed by atoms with van der Waals surface area (Å²) in [4.78, 5) is 12.4. The first kappa shape index (κ1) is 21.8. The van der Waals surface area contributed by atoms with Gasteiger partial charge in [0.1, 0.15) is 11.5 Å². The van der Waals surface area contributed by atoms with E-state index >= 15 is 0 Å². The maximum Gasteiger partial charge on any atom is 0.234 e. The number of hydrogen-bond donors (Lipinski definition) is 1. The van der Waals surface area contributed by atoms with E-state index < -0.39 is 0 Å². The van der Waals surface area contributed by atoms with Crippen molar-refractivity contribution in [2.24, 2.45) is 7.05 Å². The molecule has 1 amide bonds. The van der Waals surface area contributed by atoms with Gasteiger partial charge in [-0.15, -0.1) is 10.2 Å². The molecule has 0 aliphatic rings. The Kier molecular flexibility index (Phi) is 6.36. The van der Waals surface area contributed by atoms with E-state index in [1.165, 1.54) is 23.9 Å². The number of nitrogens with one attached hydrogen (secondary N) is 1. The number of thioether (sulfide) groups is 1. The molecule has 2 aromatic carbocycles. The third-order valence-corrected chi connectivity index (χ3v) is 5.85. The summed E-state index contributed by atoms with van der Waals surface area (Å²) in [5.74, 6) is 0.454. The van der Waals surface area contributed by atoms with Crippen molar-refractivity contribution in [2.45, 2.75) is 25.5 Å². The first-order valence-electron chi connectivity index (χ1n) is 10.2. The summed E-state index contributed by atoms with van der Waals surface area (Å²) in [5, 5.41) is 16.8. The molecule has 0 bridgehead atoms. The van der Waals surface area contributed by atoms with Gasteiger partial charge in [0.15, 0.2) is 11.0 Å². The van der Waals surface area contributed by atoms with Crippen LogP contribution in [0.15, 0.2) is 59.9 Å². The number of hydrogen-bond acceptors (Lipinski definition) is 5. The molecule has 0 aliphatic carbocycles. The van der Waals surface area contributed by atoms with Crippen LogP contribution in [0.4, 0.5) is 10.1 Å². The minimum Gasteiger partial charge on any atom is -0.325 e. The van der Waals surface area contributed by atoms with E-state index in [2.05, 4.69) is 20.6 Å². The Balaban J connectivity index is 1.54. The van der Waals surface area contributed by atoms with E-state index in [0.717, 1.165) is 22.4 Å². The van der Waals surface area contributed by atoms with Gasteiger partial charge in [-0.05, 0) is 50.2 Å². The fourth-order valence-corrected chi connectivity index (χ4v) is 4.12. The zero-order valence-corrected chi connectivity index (χ0v) is 18.9. The summed E-state index contributed by atoms with van der Waals surface area (Å²) in [5.41, 5.74) is 4.18. The highest BCUT2D eigenvalue weighted by Gasteiger charge is 2.20. The Labute approximate surface area is 189 Å². The van der Waals surface area contributed by atoms with Gasteiger partial charge in [-0.25, -0.2) is 4.39 Å². The molecule has 2 aromatic heterocycles. The molecule has 164 valence electrons. The third-order valence-electron chi connectivity index (χ3n) is 4.89. The van der Waals surface area contributed by atoms with Crippen molar-refractivity contribution in [3.8, 4) is 22.6 Å². The van der Waals surface area contributed by atoms with Gasteiger partial charge in [0.25, 0.3) is 0 Å². The van der Waals surface area contributed by atoms with E-state index in [1.807, 2.05) is 55.9 Å². The maximum absolute atomic E-state index is 13.4. The first-order valence-corrected chi connectivity index (χ1v) is 11.2. The van der Waals surface area contributed by atoms with Gasteiger partial charge in [-0.1, -0.05) is 29.5 Å². The molecule has 0 aliphatic heterocycles. The van der Waals surface area contributed by atoms with Gasteiger partial charge in [0.05, 0.1) is 11.3 Å². The summed E-state index contributed by atoms with van der Waals surface area (Å²) in [6, 6.07) is 13.9. The first-order chi connectivity index (χ1) is 15.4. The summed E-state index contributed by atoms with van der Waals surface area (Å²) in [7, 11) is 1.83. The number of benzene rings is 2. The summed E-state index contributed by atoms with van der Waals surface area (Å²) in [6.45, 7) is 4.62. The lowest BCUT2D eigenvalue weighted by Gasteiger charge is -2.08. The quantitative estimate of drug-likeness (QED) is 0.418. The summed E-state index contributed by atoms with van der Waals surface area (Å²) in [6.07, 6.45) is 1.87. The highest BCUT2D eigenvalue weighted by molar-refractivity contribution is 7.99. The number of nitrogens with zero attached hydrogens (tertiary/aromatic N) is 5. The average Bonchev–Trinajstić information content (AvgIpc) is 3.37. The Hall–Kier alpha value is -3.46. The molecule has 1 N–H and O–H groups in total. The monoisotopic (exact) mass is 450 g/mol. The number of carbonyl (C=O) groups is 1. The average molecular weight is 451 g/mol. The molecule has 0 radical (unpaired) electrons. The fraction of sp³-hybridized carbons (Fsp3) is 0.217. The second-order valence-corrected chi connectivity index (χ2v) is 8.27. The number of aryl methyl sites for hydroxylation is 2. The van der Waals surface area contributed by atoms with Crippen LogP contribution >= 0.6 is 11.8 Å². The molecular weight excluding hydrogens is 427 g/mol. The second kappa shape index (κ2) is 9.35. The van der Waals surface area contributed by atoms with Crippen LogP contribution < -0.4 is 5.32 Å². The molecule has 0 unspecified atom stereocenters. The summed E-state index contributed by atoms with van der Waals surface area (Å²) >= 11 is 1.33. The van der Waals surface area contributed by atoms with Crippen LogP contribution in [0.3, 0.4) is 0 Å². The van der Waals surface area contributed by atoms with E-state index in [4.69, 9.17) is 0 Å². The lowest BCUT2D eigenvalue weighted by molar-refractivity contribution is -0.113. The lowest BCUT2D eigenvalue weighted by atomic mass is 10.1. The molecule has 0 fully saturated rings. The van der Waals surface area contributed by atoms with Gasteiger partial charge in [-0.2, -0.15) is 5.10 Å². The number of carbonyl (C=O) groups excluding carboxylic acids is 1. The van der Waals surface area contributed by atoms with Crippen LogP contribution in [0.2, 0.25) is 0 Å². The van der Waals surface area contributed by atoms with Crippen molar-refractivity contribution in [3.63, 3.8) is 0 Å². The van der Waals surface area contributed by atoms with Crippen LogP contribution in [0.1, 0.15) is 12.5 Å². The van der Waals surface area contributed by atoms with E-state index in [-0.39, 0.29) is 17.5 Å². The van der Waals surface area contributed by atoms with Crippen molar-refractivity contribution in [2.75, 3.05) is 11.1 Å². The molecule has 9 heteroatoms. The molecule has 0 saturated heterocycles. The van der Waals surface area contributed by atoms with E-state index in [0.29, 0.717) is 23.2 Å². The van der Waals surface area contributed by atoms with Gasteiger partial charge in [-0.3, -0.25) is 9.48 Å². The molecule has 32 heavy (non-hydrogen) atoms. The van der Waals surface area contributed by atoms with Crippen molar-refractivity contribution in [1.29, 1.82) is 0 Å². The highest BCUT2D eigenvalue weighted by Crippen LogP contribution is 2.32. The molecule has 4 aromatic rings. The van der Waals surface area contributed by atoms with Crippen molar-refractivity contribution in [3.05, 3.63) is 66.1 Å². The van der Waals surface area contributed by atoms with Crippen LogP contribution in [-0.4, -0.2) is 36.2 Å². The zero-order valence-electron chi connectivity index (χ0n) is 18.0. The second-order valence-electron chi connectivity index (χ2n) is 7.33. The minimum atomic E-state index is -0.300. The van der Waals surface area contributed by atoms with Gasteiger partial charge >= 0.3 is 0 Å². The molecule has 0 spiro atoms. The molecule has 7 nitrogen and oxygen atoms in total. The van der Waals surface area contributed by atoms with Crippen molar-refractivity contribution in [1.82, 2.24) is 24.5 Å². The Morgan fingerprint density at radius 3 is 2.50 bits per heavy atom. The smallest absolute Gasteiger partial charge is 0.234 e. The molecule has 2 heterocycles. The number of anilines is 1. The molecular formula is C23H23FN6OS. The third kappa shape index (κ3) is 4.72. The fourth-order valence-electron chi connectivity index (χ4n) is 3.32. The number of aromatic nitrogens is 5. The SMILES string of the molecule is CCn1c(SCC(=O)Nc2ccc(C)cc2)nnc1-c1cn(C)nc1-c1ccc(F)cc1. The largest absolute Gasteiger partial charge is 0.325 e. The predicted octanol–water partition coefficient (Wildman–Crippen LogP) is 4.54. The van der Waals surface area contributed by atoms with E-state index in [1.54, 1.807) is 16.8 Å². The Morgan fingerprint density at radius 1 is 1.09 bits per heavy atom. The molecule has 4 rings (SSSR count). The van der Waals surface area contributed by atoms with Gasteiger partial charge in [0, 0.05) is 31.0 Å². The lowest BCUT2D eigenvalue weighted by Crippen LogP contribution is -2.14. The minimum absolute atomic E-state index is 0.112. The summed E-state index contributed by atoms with van der Waals surface area (Å²) < 4.78 is 17.0. The van der Waals surface area contributed by atoms with Crippen LogP contribution in [0.25, 0.3) is 22.6 Å². The molecule has 0 atom stereocenters. The number of amides is 1. The highest BCUT2D eigenvalue weighted by atomic mass is 32.2. The van der Waals surface area contributed by atoms with Crippen LogP contribution in [0.5, 0.6) is 0 Å². The van der Waals surface area contributed by atoms with Crippen molar-refractivity contribution >= 4 is 23.4 Å². The Bertz CT molecular complexity index is 1230. The molecule has 0 saturated carbocycles. The standard InChI is InChI=1S/C23H23FN6OS/c1-4-30-22(19-13-29(3)28-21(19)16-7-9-17(24)10-8-16)26-27-23(30)32-14-20(31)25-18-11-5-15(2)6-12-18/h5-13H,4,14H2,1-3H3,(H,25,31). The Morgan fingerprint density at radius 2 is 1.81 bits per heavy atom. The normalized spacial score (nSPS) is 11.0. The topological polar surface area (TPSA) is 77.6 Å². The maximum atomic E-state index is 13.4. The predicted molar refractivity (Wildman–Crippen MR) is 124 cm³/mol.